The maximum atomic E-state index is 12.8. The van der Waals surface area contributed by atoms with E-state index in [1.807, 2.05) is 4.90 Å². The summed E-state index contributed by atoms with van der Waals surface area (Å²) in [5, 5.41) is 11.5. The summed E-state index contributed by atoms with van der Waals surface area (Å²) in [4.78, 5) is 51.9. The van der Waals surface area contributed by atoms with Crippen LogP contribution in [0.1, 0.15) is 33.6 Å². The molecule has 142 valence electrons. The number of piperidine rings is 1. The molecule has 2 saturated heterocycles. The number of carbonyl (C=O) groups is 4. The van der Waals surface area contributed by atoms with Crippen LogP contribution >= 0.6 is 0 Å². The van der Waals surface area contributed by atoms with Crippen molar-refractivity contribution in [2.24, 2.45) is 0 Å². The zero-order valence-corrected chi connectivity index (χ0v) is 14.5. The van der Waals surface area contributed by atoms with Crippen molar-refractivity contribution in [1.82, 2.24) is 10.2 Å². The van der Waals surface area contributed by atoms with Gasteiger partial charge in [-0.3, -0.25) is 29.4 Å². The fraction of sp³-hybridized carbons (Fsp3) is 0.444. The normalized spacial score (nSPS) is 25.7. The first-order valence-corrected chi connectivity index (χ1v) is 8.82. The van der Waals surface area contributed by atoms with E-state index in [0.29, 0.717) is 19.7 Å². The van der Waals surface area contributed by atoms with Crippen molar-refractivity contribution in [2.45, 2.75) is 25.0 Å². The number of imide groups is 2. The number of fused-ring (bicyclic) bond motifs is 1. The summed E-state index contributed by atoms with van der Waals surface area (Å²) in [5.41, 5.74) is 1.25. The van der Waals surface area contributed by atoms with E-state index >= 15 is 0 Å². The van der Waals surface area contributed by atoms with Gasteiger partial charge in [-0.1, -0.05) is 0 Å². The van der Waals surface area contributed by atoms with Crippen LogP contribution < -0.4 is 10.2 Å². The summed E-state index contributed by atoms with van der Waals surface area (Å²) in [6.07, 6.45) is -0.0833. The minimum Gasteiger partial charge on any atom is -0.394 e. The van der Waals surface area contributed by atoms with Gasteiger partial charge in [0.2, 0.25) is 11.8 Å². The molecule has 9 nitrogen and oxygen atoms in total. The molecule has 0 bridgehead atoms. The van der Waals surface area contributed by atoms with Crippen LogP contribution in [0.5, 0.6) is 0 Å². The van der Waals surface area contributed by atoms with E-state index < -0.39 is 29.7 Å². The van der Waals surface area contributed by atoms with E-state index in [2.05, 4.69) is 5.32 Å². The molecule has 0 spiro atoms. The number of nitrogens with one attached hydrogen (secondary N) is 1. The third-order valence-corrected chi connectivity index (χ3v) is 5.13. The predicted molar refractivity (Wildman–Crippen MR) is 92.2 cm³/mol. The van der Waals surface area contributed by atoms with Crippen molar-refractivity contribution < 1.29 is 29.0 Å². The van der Waals surface area contributed by atoms with Gasteiger partial charge < -0.3 is 14.7 Å². The summed E-state index contributed by atoms with van der Waals surface area (Å²) >= 11 is 0. The third kappa shape index (κ3) is 2.98. The van der Waals surface area contributed by atoms with Crippen LogP contribution in [0.15, 0.2) is 18.2 Å². The number of hydrogen-bond donors (Lipinski definition) is 2. The van der Waals surface area contributed by atoms with Crippen molar-refractivity contribution in [1.29, 1.82) is 0 Å². The average molecular weight is 373 g/mol. The number of aliphatic hydroxyl groups is 1. The number of benzene rings is 1. The Balaban J connectivity index is 1.60. The van der Waals surface area contributed by atoms with Gasteiger partial charge in [0, 0.05) is 25.2 Å². The van der Waals surface area contributed by atoms with Crippen LogP contribution in [0.2, 0.25) is 0 Å². The van der Waals surface area contributed by atoms with Crippen LogP contribution in [-0.2, 0) is 14.3 Å². The molecule has 0 saturated carbocycles. The molecule has 1 aromatic carbocycles. The molecule has 0 radical (unpaired) electrons. The molecule has 3 heterocycles. The summed E-state index contributed by atoms with van der Waals surface area (Å²) in [5.74, 6) is -2.08. The molecule has 0 aromatic heterocycles. The lowest BCUT2D eigenvalue weighted by molar-refractivity contribution is -0.136. The van der Waals surface area contributed by atoms with Crippen molar-refractivity contribution in [3.63, 3.8) is 0 Å². The molecule has 2 fully saturated rings. The predicted octanol–water partition coefficient (Wildman–Crippen LogP) is -0.715. The SMILES string of the molecule is O=C1CCC(N2C(=O)c3ccc(N4CCO[C@H](CO)C4)cc3C2=O)C(=O)N1. The van der Waals surface area contributed by atoms with Gasteiger partial charge in [-0.15, -0.1) is 0 Å². The lowest BCUT2D eigenvalue weighted by Crippen LogP contribution is -2.54. The van der Waals surface area contributed by atoms with Crippen molar-refractivity contribution in [3.05, 3.63) is 29.3 Å². The summed E-state index contributed by atoms with van der Waals surface area (Å²) < 4.78 is 5.43. The number of rotatable bonds is 3. The number of anilines is 1. The maximum absolute atomic E-state index is 12.8. The second-order valence-electron chi connectivity index (χ2n) is 6.80. The Labute approximate surface area is 154 Å². The van der Waals surface area contributed by atoms with Crippen LogP contribution in [0.3, 0.4) is 0 Å². The summed E-state index contributed by atoms with van der Waals surface area (Å²) in [7, 11) is 0. The van der Waals surface area contributed by atoms with E-state index in [1.54, 1.807) is 18.2 Å². The standard InChI is InChI=1S/C18H19N3O6/c22-9-11-8-20(5-6-27-11)10-1-2-12-13(7-10)18(26)21(17(12)25)14-3-4-15(23)19-16(14)24/h1-2,7,11,14,22H,3-6,8-9H2,(H,19,23,24)/t11-,14?/m0/s1. The van der Waals surface area contributed by atoms with Crippen molar-refractivity contribution in [2.75, 3.05) is 31.2 Å². The molecule has 4 amide bonds. The maximum Gasteiger partial charge on any atom is 0.262 e. The third-order valence-electron chi connectivity index (χ3n) is 5.13. The highest BCUT2D eigenvalue weighted by molar-refractivity contribution is 6.23. The van der Waals surface area contributed by atoms with Gasteiger partial charge in [-0.2, -0.15) is 0 Å². The Hall–Kier alpha value is -2.78. The highest BCUT2D eigenvalue weighted by Crippen LogP contribution is 2.31. The number of aliphatic hydroxyl groups excluding tert-OH is 1. The Morgan fingerprint density at radius 2 is 1.93 bits per heavy atom. The highest BCUT2D eigenvalue weighted by atomic mass is 16.5. The molecule has 2 atom stereocenters. The highest BCUT2D eigenvalue weighted by Gasteiger charge is 2.44. The molecule has 3 aliphatic heterocycles. The monoisotopic (exact) mass is 373 g/mol. The number of ether oxygens (including phenoxy) is 1. The molecular weight excluding hydrogens is 354 g/mol. The Bertz CT molecular complexity index is 838. The zero-order valence-electron chi connectivity index (χ0n) is 14.5. The Kier molecular flexibility index (Phi) is 4.40. The van der Waals surface area contributed by atoms with Crippen LogP contribution in [-0.4, -0.2) is 72.1 Å². The number of hydrogen-bond acceptors (Lipinski definition) is 7. The lowest BCUT2D eigenvalue weighted by atomic mass is 10.0. The van der Waals surface area contributed by atoms with Gasteiger partial charge in [0.1, 0.15) is 6.04 Å². The van der Waals surface area contributed by atoms with Gasteiger partial charge in [-0.25, -0.2) is 0 Å². The Morgan fingerprint density at radius 3 is 2.67 bits per heavy atom. The van der Waals surface area contributed by atoms with Gasteiger partial charge >= 0.3 is 0 Å². The molecule has 0 aliphatic carbocycles. The van der Waals surface area contributed by atoms with Crippen LogP contribution in [0.4, 0.5) is 5.69 Å². The molecule has 9 heteroatoms. The molecular formula is C18H19N3O6. The number of amides is 4. The Morgan fingerprint density at radius 1 is 1.15 bits per heavy atom. The largest absolute Gasteiger partial charge is 0.394 e. The van der Waals surface area contributed by atoms with Crippen LogP contribution in [0, 0.1) is 0 Å². The second-order valence-corrected chi connectivity index (χ2v) is 6.80. The zero-order chi connectivity index (χ0) is 19.1. The van der Waals surface area contributed by atoms with E-state index in [-0.39, 0.29) is 36.7 Å². The molecule has 2 N–H and O–H groups in total. The fourth-order valence-electron chi connectivity index (χ4n) is 3.72. The molecule has 27 heavy (non-hydrogen) atoms. The average Bonchev–Trinajstić information content (AvgIpc) is 2.92. The van der Waals surface area contributed by atoms with E-state index in [4.69, 9.17) is 4.74 Å². The number of morpholine rings is 1. The molecule has 1 unspecified atom stereocenters. The fourth-order valence-corrected chi connectivity index (χ4v) is 3.72. The first-order valence-electron chi connectivity index (χ1n) is 8.82. The first kappa shape index (κ1) is 17.6. The molecule has 1 aromatic rings. The summed E-state index contributed by atoms with van der Waals surface area (Å²) in [6.45, 7) is 1.45. The molecule has 3 aliphatic rings. The van der Waals surface area contributed by atoms with Gasteiger partial charge in [0.15, 0.2) is 0 Å². The van der Waals surface area contributed by atoms with E-state index in [1.165, 1.54) is 0 Å². The number of nitrogens with zero attached hydrogens (tertiary/aromatic N) is 2. The van der Waals surface area contributed by atoms with Gasteiger partial charge in [0.05, 0.1) is 30.4 Å². The minimum absolute atomic E-state index is 0.0887. The van der Waals surface area contributed by atoms with Crippen molar-refractivity contribution in [3.8, 4) is 0 Å². The smallest absolute Gasteiger partial charge is 0.262 e. The summed E-state index contributed by atoms with van der Waals surface area (Å²) in [6, 6.07) is 4.00. The minimum atomic E-state index is -0.972. The first-order chi connectivity index (χ1) is 13.0. The van der Waals surface area contributed by atoms with Crippen LogP contribution in [0.25, 0.3) is 0 Å². The topological polar surface area (TPSA) is 116 Å². The van der Waals surface area contributed by atoms with Gasteiger partial charge in [0.25, 0.3) is 11.8 Å². The van der Waals surface area contributed by atoms with E-state index in [0.717, 1.165) is 10.6 Å². The quantitative estimate of drug-likeness (QED) is 0.672. The van der Waals surface area contributed by atoms with Crippen molar-refractivity contribution >= 4 is 29.3 Å². The van der Waals surface area contributed by atoms with Gasteiger partial charge in [-0.05, 0) is 24.6 Å². The number of carbonyl (C=O) groups excluding carboxylic acids is 4. The van der Waals surface area contributed by atoms with E-state index in [9.17, 15) is 24.3 Å². The second kappa shape index (κ2) is 6.75. The lowest BCUT2D eigenvalue weighted by Gasteiger charge is -2.33. The molecule has 4 rings (SSSR count).